The minimum atomic E-state index is -1.27. The van der Waals surface area contributed by atoms with Crippen LogP contribution in [0.5, 0.6) is 0 Å². The van der Waals surface area contributed by atoms with E-state index in [0.717, 1.165) is 0 Å². The molecule has 96 valence electrons. The molecule has 5 N–H and O–H groups in total. The van der Waals surface area contributed by atoms with Gasteiger partial charge in [0.2, 0.25) is 5.91 Å². The smallest absolute Gasteiger partial charge is 0.326 e. The highest BCUT2D eigenvalue weighted by atomic mass is 16.4. The second-order valence-electron chi connectivity index (χ2n) is 3.57. The Morgan fingerprint density at radius 2 is 1.72 bits per heavy atom. The van der Waals surface area contributed by atoms with Crippen molar-refractivity contribution in [2.24, 2.45) is 5.73 Å². The molecule has 0 bridgehead atoms. The number of aliphatic carboxylic acids is 2. The molecular weight excluding hydrogens is 240 g/mol. The molecule has 0 heterocycles. The van der Waals surface area contributed by atoms with Crippen LogP contribution in [0.3, 0.4) is 0 Å². The Morgan fingerprint density at radius 1 is 1.17 bits per heavy atom. The lowest BCUT2D eigenvalue weighted by Crippen LogP contribution is -2.31. The van der Waals surface area contributed by atoms with Crippen LogP contribution in [0.4, 0.5) is 5.69 Å². The monoisotopic (exact) mass is 252 g/mol. The number of amides is 1. The second kappa shape index (κ2) is 5.67. The summed E-state index contributed by atoms with van der Waals surface area (Å²) in [5, 5.41) is 19.9. The van der Waals surface area contributed by atoms with E-state index in [0.29, 0.717) is 5.69 Å². The summed E-state index contributed by atoms with van der Waals surface area (Å²) in [5.41, 5.74) is 5.73. The predicted octanol–water partition coefficient (Wildman–Crippen LogP) is 0.125. The fourth-order valence-corrected chi connectivity index (χ4v) is 1.31. The fraction of sp³-hybridized carbons (Fsp3) is 0.182. The standard InChI is InChI=1S/C11H12N2O5/c12-10(16)6-1-3-7(4-2-6)13-8(11(17)18)5-9(14)15/h1-4,8,13H,5H2,(H2,12,16)(H,14,15)(H,17,18). The average molecular weight is 252 g/mol. The molecular formula is C11H12N2O5. The highest BCUT2D eigenvalue weighted by molar-refractivity contribution is 5.93. The number of nitrogens with two attached hydrogens (primary N) is 1. The molecule has 1 amide bonds. The molecule has 7 nitrogen and oxygen atoms in total. The van der Waals surface area contributed by atoms with E-state index < -0.39 is 30.3 Å². The summed E-state index contributed by atoms with van der Waals surface area (Å²) in [6, 6.07) is 4.52. The first kappa shape index (κ1) is 13.5. The Hall–Kier alpha value is -2.57. The number of hydrogen-bond donors (Lipinski definition) is 4. The van der Waals surface area contributed by atoms with Gasteiger partial charge in [0.25, 0.3) is 0 Å². The maximum atomic E-state index is 10.8. The zero-order chi connectivity index (χ0) is 13.7. The zero-order valence-corrected chi connectivity index (χ0v) is 9.29. The van der Waals surface area contributed by atoms with Gasteiger partial charge in [-0.05, 0) is 24.3 Å². The van der Waals surface area contributed by atoms with Crippen LogP contribution in [0, 0.1) is 0 Å². The summed E-state index contributed by atoms with van der Waals surface area (Å²) in [6.07, 6.45) is -0.549. The van der Waals surface area contributed by atoms with Crippen molar-refractivity contribution in [2.45, 2.75) is 12.5 Å². The van der Waals surface area contributed by atoms with Crippen LogP contribution >= 0.6 is 0 Å². The highest BCUT2D eigenvalue weighted by Gasteiger charge is 2.20. The molecule has 0 radical (unpaired) electrons. The molecule has 0 fully saturated rings. The first-order valence-corrected chi connectivity index (χ1v) is 5.01. The van der Waals surface area contributed by atoms with Gasteiger partial charge >= 0.3 is 11.9 Å². The summed E-state index contributed by atoms with van der Waals surface area (Å²) in [5.74, 6) is -3.08. The Kier molecular flexibility index (Phi) is 4.25. The van der Waals surface area contributed by atoms with Gasteiger partial charge in [0, 0.05) is 11.3 Å². The number of hydrogen-bond acceptors (Lipinski definition) is 4. The van der Waals surface area contributed by atoms with Crippen LogP contribution < -0.4 is 11.1 Å². The lowest BCUT2D eigenvalue weighted by atomic mass is 10.1. The van der Waals surface area contributed by atoms with Crippen LogP contribution in [0.15, 0.2) is 24.3 Å². The first-order valence-electron chi connectivity index (χ1n) is 5.01. The maximum absolute atomic E-state index is 10.8. The summed E-state index contributed by atoms with van der Waals surface area (Å²) in [6.45, 7) is 0. The number of rotatable bonds is 6. The number of nitrogens with one attached hydrogen (secondary N) is 1. The summed E-state index contributed by atoms with van der Waals surface area (Å²) >= 11 is 0. The van der Waals surface area contributed by atoms with Gasteiger partial charge in [-0.2, -0.15) is 0 Å². The van der Waals surface area contributed by atoms with Crippen LogP contribution in [0.2, 0.25) is 0 Å². The molecule has 18 heavy (non-hydrogen) atoms. The number of benzene rings is 1. The van der Waals surface area contributed by atoms with E-state index in [1.54, 1.807) is 0 Å². The second-order valence-corrected chi connectivity index (χ2v) is 3.57. The van der Waals surface area contributed by atoms with Crippen molar-refractivity contribution >= 4 is 23.5 Å². The van der Waals surface area contributed by atoms with E-state index >= 15 is 0 Å². The molecule has 1 rings (SSSR count). The van der Waals surface area contributed by atoms with Crippen LogP contribution in [0.1, 0.15) is 16.8 Å². The number of carboxylic acid groups (broad SMARTS) is 2. The molecule has 0 aliphatic rings. The maximum Gasteiger partial charge on any atom is 0.326 e. The van der Waals surface area contributed by atoms with E-state index in [1.807, 2.05) is 0 Å². The molecule has 0 saturated carbocycles. The van der Waals surface area contributed by atoms with Gasteiger partial charge in [0.15, 0.2) is 0 Å². The molecule has 1 aromatic rings. The van der Waals surface area contributed by atoms with Crippen LogP contribution in [-0.4, -0.2) is 34.1 Å². The molecule has 0 aliphatic carbocycles. The van der Waals surface area contributed by atoms with E-state index in [4.69, 9.17) is 15.9 Å². The van der Waals surface area contributed by atoms with Gasteiger partial charge in [-0.3, -0.25) is 9.59 Å². The minimum absolute atomic E-state index is 0.283. The Labute approximate surface area is 102 Å². The first-order chi connectivity index (χ1) is 8.40. The number of carbonyl (C=O) groups is 3. The van der Waals surface area contributed by atoms with E-state index in [2.05, 4.69) is 5.32 Å². The van der Waals surface area contributed by atoms with Crippen molar-refractivity contribution in [3.8, 4) is 0 Å². The average Bonchev–Trinajstić information content (AvgIpc) is 2.28. The van der Waals surface area contributed by atoms with Gasteiger partial charge < -0.3 is 21.3 Å². The lowest BCUT2D eigenvalue weighted by molar-refractivity contribution is -0.144. The molecule has 1 unspecified atom stereocenters. The van der Waals surface area contributed by atoms with E-state index in [1.165, 1.54) is 24.3 Å². The zero-order valence-electron chi connectivity index (χ0n) is 9.29. The predicted molar refractivity (Wildman–Crippen MR) is 62.3 cm³/mol. The van der Waals surface area contributed by atoms with Crippen LogP contribution in [-0.2, 0) is 9.59 Å². The summed E-state index contributed by atoms with van der Waals surface area (Å²) in [4.78, 5) is 32.1. The molecule has 0 saturated heterocycles. The van der Waals surface area contributed by atoms with Crippen LogP contribution in [0.25, 0.3) is 0 Å². The normalized spacial score (nSPS) is 11.6. The fourth-order valence-electron chi connectivity index (χ4n) is 1.31. The summed E-state index contributed by atoms with van der Waals surface area (Å²) in [7, 11) is 0. The number of anilines is 1. The molecule has 0 spiro atoms. The number of carboxylic acids is 2. The minimum Gasteiger partial charge on any atom is -0.481 e. The van der Waals surface area contributed by atoms with Gasteiger partial charge in [0.1, 0.15) is 6.04 Å². The van der Waals surface area contributed by atoms with Gasteiger partial charge in [0.05, 0.1) is 6.42 Å². The SMILES string of the molecule is NC(=O)c1ccc(NC(CC(=O)O)C(=O)O)cc1. The third kappa shape index (κ3) is 3.78. The Bertz CT molecular complexity index is 469. The quantitative estimate of drug-likeness (QED) is 0.569. The molecule has 1 aromatic carbocycles. The molecule has 0 aromatic heterocycles. The van der Waals surface area contributed by atoms with Crippen molar-refractivity contribution in [1.29, 1.82) is 0 Å². The largest absolute Gasteiger partial charge is 0.481 e. The van der Waals surface area contributed by atoms with Crippen molar-refractivity contribution in [3.63, 3.8) is 0 Å². The van der Waals surface area contributed by atoms with Gasteiger partial charge in [-0.25, -0.2) is 4.79 Å². The Morgan fingerprint density at radius 3 is 2.11 bits per heavy atom. The molecule has 7 heteroatoms. The number of primary amides is 1. The summed E-state index contributed by atoms with van der Waals surface area (Å²) < 4.78 is 0. The Balaban J connectivity index is 2.78. The third-order valence-electron chi connectivity index (χ3n) is 2.19. The molecule has 0 aliphatic heterocycles. The van der Waals surface area contributed by atoms with Gasteiger partial charge in [-0.15, -0.1) is 0 Å². The van der Waals surface area contributed by atoms with Crippen molar-refractivity contribution < 1.29 is 24.6 Å². The third-order valence-corrected chi connectivity index (χ3v) is 2.19. The highest BCUT2D eigenvalue weighted by Crippen LogP contribution is 2.12. The van der Waals surface area contributed by atoms with E-state index in [-0.39, 0.29) is 5.56 Å². The number of carbonyl (C=O) groups excluding carboxylic acids is 1. The van der Waals surface area contributed by atoms with E-state index in [9.17, 15) is 14.4 Å². The lowest BCUT2D eigenvalue weighted by Gasteiger charge is -2.13. The topological polar surface area (TPSA) is 130 Å². The van der Waals surface area contributed by atoms with Crippen molar-refractivity contribution in [1.82, 2.24) is 0 Å². The van der Waals surface area contributed by atoms with Crippen molar-refractivity contribution in [2.75, 3.05) is 5.32 Å². The van der Waals surface area contributed by atoms with Gasteiger partial charge in [-0.1, -0.05) is 0 Å². The molecule has 1 atom stereocenters. The van der Waals surface area contributed by atoms with Crippen molar-refractivity contribution in [3.05, 3.63) is 29.8 Å².